The van der Waals surface area contributed by atoms with Crippen molar-refractivity contribution in [3.63, 3.8) is 0 Å². The van der Waals surface area contributed by atoms with Crippen molar-refractivity contribution in [1.29, 1.82) is 0 Å². The zero-order valence-corrected chi connectivity index (χ0v) is 12.7. The van der Waals surface area contributed by atoms with Gasteiger partial charge in [-0.1, -0.05) is 28.9 Å². The van der Waals surface area contributed by atoms with Gasteiger partial charge in [-0.25, -0.2) is 4.98 Å². The predicted octanol–water partition coefficient (Wildman–Crippen LogP) is 3.14. The molecule has 2 rings (SSSR count). The molecule has 0 fully saturated rings. The molecular weight excluding hydrogens is 312 g/mol. The molecule has 18 heavy (non-hydrogen) atoms. The molecule has 1 aromatic carbocycles. The third-order valence-corrected chi connectivity index (χ3v) is 3.83. The van der Waals surface area contributed by atoms with Gasteiger partial charge in [0.25, 0.3) is 0 Å². The van der Waals surface area contributed by atoms with Crippen LogP contribution in [0.3, 0.4) is 0 Å². The average molecular weight is 327 g/mol. The van der Waals surface area contributed by atoms with Crippen LogP contribution in [0.1, 0.15) is 18.3 Å². The molecule has 0 unspecified atom stereocenters. The van der Waals surface area contributed by atoms with Crippen LogP contribution in [-0.4, -0.2) is 21.7 Å². The Morgan fingerprint density at radius 3 is 2.94 bits per heavy atom. The first-order valence-corrected chi connectivity index (χ1v) is 7.36. The molecule has 0 amide bonds. The van der Waals surface area contributed by atoms with Gasteiger partial charge in [0.1, 0.15) is 5.82 Å². The van der Waals surface area contributed by atoms with E-state index in [2.05, 4.69) is 61.6 Å². The number of nitrogens with zero attached hydrogens (tertiary/aromatic N) is 2. The summed E-state index contributed by atoms with van der Waals surface area (Å²) >= 11 is 5.08. The van der Waals surface area contributed by atoms with Crippen LogP contribution in [-0.2, 0) is 6.54 Å². The Labute approximate surface area is 119 Å². The standard InChI is InChI=1S/C12H15BrN4S/c1-3-14-7-9-4-5-10(13)6-11(9)18-12-15-8(2)16-17-12/h4-6,14H,3,7H2,1-2H3,(H,15,16,17). The summed E-state index contributed by atoms with van der Waals surface area (Å²) in [6.45, 7) is 5.82. The van der Waals surface area contributed by atoms with Crippen LogP contribution >= 0.6 is 27.7 Å². The molecule has 0 aliphatic heterocycles. The number of benzene rings is 1. The SMILES string of the molecule is CCNCc1ccc(Br)cc1Sc1n[nH]c(C)n1. The van der Waals surface area contributed by atoms with Gasteiger partial charge in [0.05, 0.1) is 0 Å². The number of halogens is 1. The maximum Gasteiger partial charge on any atom is 0.213 e. The van der Waals surface area contributed by atoms with Gasteiger partial charge in [-0.3, -0.25) is 5.10 Å². The smallest absolute Gasteiger partial charge is 0.213 e. The molecule has 0 saturated carbocycles. The highest BCUT2D eigenvalue weighted by Crippen LogP contribution is 2.30. The van der Waals surface area contributed by atoms with Crippen molar-refractivity contribution in [2.45, 2.75) is 30.4 Å². The lowest BCUT2D eigenvalue weighted by Crippen LogP contribution is -2.12. The highest BCUT2D eigenvalue weighted by molar-refractivity contribution is 9.10. The van der Waals surface area contributed by atoms with E-state index in [1.54, 1.807) is 11.8 Å². The zero-order chi connectivity index (χ0) is 13.0. The van der Waals surface area contributed by atoms with E-state index in [1.807, 2.05) is 6.92 Å². The highest BCUT2D eigenvalue weighted by atomic mass is 79.9. The fourth-order valence-electron chi connectivity index (χ4n) is 1.50. The fraction of sp³-hybridized carbons (Fsp3) is 0.333. The van der Waals surface area contributed by atoms with Gasteiger partial charge >= 0.3 is 0 Å². The van der Waals surface area contributed by atoms with Crippen LogP contribution in [0.15, 0.2) is 32.7 Å². The Morgan fingerprint density at radius 2 is 2.28 bits per heavy atom. The second-order valence-electron chi connectivity index (χ2n) is 3.84. The molecule has 0 bridgehead atoms. The average Bonchev–Trinajstić information content (AvgIpc) is 2.74. The Bertz CT molecular complexity index is 527. The molecular formula is C12H15BrN4S. The van der Waals surface area contributed by atoms with Crippen LogP contribution in [0.5, 0.6) is 0 Å². The van der Waals surface area contributed by atoms with E-state index in [9.17, 15) is 0 Å². The number of aryl methyl sites for hydroxylation is 1. The third-order valence-electron chi connectivity index (χ3n) is 2.37. The molecule has 0 spiro atoms. The number of hydrogen-bond donors (Lipinski definition) is 2. The molecule has 2 aromatic rings. The minimum atomic E-state index is 0.753. The molecule has 6 heteroatoms. The largest absolute Gasteiger partial charge is 0.313 e. The molecule has 0 aliphatic carbocycles. The topological polar surface area (TPSA) is 53.6 Å². The number of aromatic amines is 1. The molecule has 1 aromatic heterocycles. The normalized spacial score (nSPS) is 10.8. The summed E-state index contributed by atoms with van der Waals surface area (Å²) in [5.41, 5.74) is 1.26. The lowest BCUT2D eigenvalue weighted by atomic mass is 10.2. The van der Waals surface area contributed by atoms with Gasteiger partial charge in [0, 0.05) is 15.9 Å². The van der Waals surface area contributed by atoms with Gasteiger partial charge in [-0.05, 0) is 42.9 Å². The molecule has 0 atom stereocenters. The van der Waals surface area contributed by atoms with Crippen molar-refractivity contribution in [2.24, 2.45) is 0 Å². The van der Waals surface area contributed by atoms with Gasteiger partial charge in [-0.15, -0.1) is 5.10 Å². The summed E-state index contributed by atoms with van der Waals surface area (Å²) in [5.74, 6) is 0.834. The van der Waals surface area contributed by atoms with E-state index in [1.165, 1.54) is 10.5 Å². The first kappa shape index (κ1) is 13.6. The van der Waals surface area contributed by atoms with Gasteiger partial charge in [-0.2, -0.15) is 0 Å². The summed E-state index contributed by atoms with van der Waals surface area (Å²) < 4.78 is 1.07. The van der Waals surface area contributed by atoms with Crippen molar-refractivity contribution in [3.05, 3.63) is 34.1 Å². The molecule has 96 valence electrons. The summed E-state index contributed by atoms with van der Waals surface area (Å²) in [4.78, 5) is 5.49. The Morgan fingerprint density at radius 1 is 1.44 bits per heavy atom. The van der Waals surface area contributed by atoms with Crippen molar-refractivity contribution in [1.82, 2.24) is 20.5 Å². The minimum absolute atomic E-state index is 0.753. The van der Waals surface area contributed by atoms with E-state index >= 15 is 0 Å². The monoisotopic (exact) mass is 326 g/mol. The van der Waals surface area contributed by atoms with Crippen LogP contribution in [0.2, 0.25) is 0 Å². The van der Waals surface area contributed by atoms with Crippen molar-refractivity contribution >= 4 is 27.7 Å². The molecule has 1 heterocycles. The van der Waals surface area contributed by atoms with Crippen molar-refractivity contribution in [2.75, 3.05) is 6.54 Å². The van der Waals surface area contributed by atoms with E-state index < -0.39 is 0 Å². The number of rotatable bonds is 5. The number of nitrogens with one attached hydrogen (secondary N) is 2. The predicted molar refractivity (Wildman–Crippen MR) is 76.8 cm³/mol. The van der Waals surface area contributed by atoms with Crippen molar-refractivity contribution in [3.8, 4) is 0 Å². The Balaban J connectivity index is 2.21. The Hall–Kier alpha value is -0.850. The summed E-state index contributed by atoms with van der Waals surface area (Å²) in [6, 6.07) is 6.28. The maximum atomic E-state index is 4.32. The van der Waals surface area contributed by atoms with Crippen LogP contribution in [0.4, 0.5) is 0 Å². The zero-order valence-electron chi connectivity index (χ0n) is 10.3. The summed E-state index contributed by atoms with van der Waals surface area (Å²) in [5, 5.41) is 11.1. The second kappa shape index (κ2) is 6.36. The number of aromatic nitrogens is 3. The fourth-order valence-corrected chi connectivity index (χ4v) is 2.94. The molecule has 0 radical (unpaired) electrons. The molecule has 4 nitrogen and oxygen atoms in total. The highest BCUT2D eigenvalue weighted by Gasteiger charge is 2.08. The molecule has 0 aliphatic rings. The van der Waals surface area contributed by atoms with E-state index in [0.29, 0.717) is 0 Å². The first-order chi connectivity index (χ1) is 8.69. The van der Waals surface area contributed by atoms with E-state index in [-0.39, 0.29) is 0 Å². The number of H-pyrrole nitrogens is 1. The minimum Gasteiger partial charge on any atom is -0.313 e. The van der Waals surface area contributed by atoms with Crippen molar-refractivity contribution < 1.29 is 0 Å². The van der Waals surface area contributed by atoms with Gasteiger partial charge < -0.3 is 5.32 Å². The second-order valence-corrected chi connectivity index (χ2v) is 5.76. The first-order valence-electron chi connectivity index (χ1n) is 5.75. The summed E-state index contributed by atoms with van der Waals surface area (Å²) in [6.07, 6.45) is 0. The maximum absolute atomic E-state index is 4.32. The van der Waals surface area contributed by atoms with Crippen LogP contribution in [0.25, 0.3) is 0 Å². The van der Waals surface area contributed by atoms with Gasteiger partial charge in [0.15, 0.2) is 0 Å². The lowest BCUT2D eigenvalue weighted by molar-refractivity contribution is 0.717. The Kier molecular flexibility index (Phi) is 4.79. The van der Waals surface area contributed by atoms with Crippen LogP contribution in [0, 0.1) is 6.92 Å². The lowest BCUT2D eigenvalue weighted by Gasteiger charge is -2.08. The van der Waals surface area contributed by atoms with Crippen LogP contribution < -0.4 is 5.32 Å². The van der Waals surface area contributed by atoms with E-state index in [0.717, 1.165) is 28.5 Å². The number of hydrogen-bond acceptors (Lipinski definition) is 4. The molecule has 0 saturated heterocycles. The van der Waals surface area contributed by atoms with E-state index in [4.69, 9.17) is 0 Å². The quantitative estimate of drug-likeness (QED) is 0.886. The summed E-state index contributed by atoms with van der Waals surface area (Å²) in [7, 11) is 0. The molecule has 2 N–H and O–H groups in total. The van der Waals surface area contributed by atoms with Gasteiger partial charge in [0.2, 0.25) is 5.16 Å². The third kappa shape index (κ3) is 3.57.